The quantitative estimate of drug-likeness (QED) is 0.638. The second-order valence-corrected chi connectivity index (χ2v) is 2.96. The third-order valence-corrected chi connectivity index (χ3v) is 2.01. The van der Waals surface area contributed by atoms with Crippen LogP contribution in [0.5, 0.6) is 0 Å². The van der Waals surface area contributed by atoms with Crippen molar-refractivity contribution in [3.63, 3.8) is 0 Å². The second kappa shape index (κ2) is 4.87. The molecule has 13 heavy (non-hydrogen) atoms. The van der Waals surface area contributed by atoms with Crippen LogP contribution in [0, 0.1) is 6.92 Å². The van der Waals surface area contributed by atoms with Crippen LogP contribution in [-0.2, 0) is 6.42 Å². The fourth-order valence-corrected chi connectivity index (χ4v) is 1.38. The van der Waals surface area contributed by atoms with Crippen LogP contribution in [0.2, 0.25) is 0 Å². The smallest absolute Gasteiger partial charge is 0.0522 e. The predicted octanol–water partition coefficient (Wildman–Crippen LogP) is 2.49. The highest BCUT2D eigenvalue weighted by Gasteiger charge is 2.05. The van der Waals surface area contributed by atoms with Crippen molar-refractivity contribution in [3.8, 4) is 0 Å². The molecule has 2 heteroatoms. The average molecular weight is 178 g/mol. The van der Waals surface area contributed by atoms with Gasteiger partial charge in [0.05, 0.1) is 5.69 Å². The summed E-state index contributed by atoms with van der Waals surface area (Å²) in [6.45, 7) is 7.13. The number of hydrogen-bond acceptors (Lipinski definition) is 2. The Morgan fingerprint density at radius 3 is 2.77 bits per heavy atom. The topological polar surface area (TPSA) is 24.1 Å². The van der Waals surface area contributed by atoms with Crippen molar-refractivity contribution in [2.75, 3.05) is 12.0 Å². The molecule has 2 rings (SSSR count). The molecule has 0 saturated carbocycles. The fraction of sp³-hybridized carbons (Fsp3) is 0.455. The largest absolute Gasteiger partial charge is 0.321 e. The van der Waals surface area contributed by atoms with Crippen molar-refractivity contribution < 1.29 is 0 Å². The first-order chi connectivity index (χ1) is 6.36. The molecule has 1 aliphatic rings. The summed E-state index contributed by atoms with van der Waals surface area (Å²) in [5, 5.41) is 0. The van der Waals surface area contributed by atoms with E-state index in [0.717, 1.165) is 13.0 Å². The maximum Gasteiger partial charge on any atom is 0.0522 e. The third kappa shape index (κ3) is 2.46. The Morgan fingerprint density at radius 2 is 2.00 bits per heavy atom. The molecule has 1 heterocycles. The molecular formula is C11H18N2. The normalized spacial score (nSPS) is 13.5. The molecule has 2 N–H and O–H groups in total. The molecule has 0 aliphatic carbocycles. The van der Waals surface area contributed by atoms with Crippen molar-refractivity contribution in [1.82, 2.24) is 5.43 Å². The number of anilines is 1. The van der Waals surface area contributed by atoms with Gasteiger partial charge in [-0.1, -0.05) is 26.0 Å². The van der Waals surface area contributed by atoms with E-state index in [1.165, 1.54) is 16.8 Å². The van der Waals surface area contributed by atoms with E-state index in [9.17, 15) is 0 Å². The monoisotopic (exact) mass is 178 g/mol. The number of aryl methyl sites for hydroxylation is 1. The molecule has 0 unspecified atom stereocenters. The molecule has 1 aliphatic heterocycles. The Balaban J connectivity index is 0.000000396. The Bertz CT molecular complexity index is 269. The number of nitrogens with one attached hydrogen (secondary N) is 2. The first-order valence-electron chi connectivity index (χ1n) is 4.95. The van der Waals surface area contributed by atoms with E-state index in [-0.39, 0.29) is 0 Å². The number of fused-ring (bicyclic) bond motifs is 1. The molecular weight excluding hydrogens is 160 g/mol. The maximum atomic E-state index is 3.15. The van der Waals surface area contributed by atoms with Crippen LogP contribution in [0.1, 0.15) is 25.0 Å². The zero-order valence-corrected chi connectivity index (χ0v) is 8.65. The number of benzene rings is 1. The lowest BCUT2D eigenvalue weighted by molar-refractivity contribution is 0.747. The van der Waals surface area contributed by atoms with Gasteiger partial charge in [0.1, 0.15) is 0 Å². The molecule has 0 spiro atoms. The Labute approximate surface area is 80.3 Å². The van der Waals surface area contributed by atoms with Gasteiger partial charge in [-0.3, -0.25) is 0 Å². The van der Waals surface area contributed by atoms with Gasteiger partial charge in [0.2, 0.25) is 0 Å². The van der Waals surface area contributed by atoms with Gasteiger partial charge in [0.25, 0.3) is 0 Å². The van der Waals surface area contributed by atoms with E-state index < -0.39 is 0 Å². The van der Waals surface area contributed by atoms with E-state index in [0.29, 0.717) is 0 Å². The Hall–Kier alpha value is -1.02. The van der Waals surface area contributed by atoms with Crippen LogP contribution in [0.15, 0.2) is 18.2 Å². The first-order valence-corrected chi connectivity index (χ1v) is 4.95. The molecule has 0 amide bonds. The van der Waals surface area contributed by atoms with Gasteiger partial charge in [0, 0.05) is 6.54 Å². The van der Waals surface area contributed by atoms with Crippen molar-refractivity contribution in [2.45, 2.75) is 27.2 Å². The van der Waals surface area contributed by atoms with Gasteiger partial charge >= 0.3 is 0 Å². The zero-order valence-electron chi connectivity index (χ0n) is 8.65. The minimum atomic E-state index is 1.02. The van der Waals surface area contributed by atoms with E-state index in [2.05, 4.69) is 36.0 Å². The highest BCUT2D eigenvalue weighted by atomic mass is 15.4. The van der Waals surface area contributed by atoms with E-state index in [1.807, 2.05) is 13.8 Å². The third-order valence-electron chi connectivity index (χ3n) is 2.01. The van der Waals surface area contributed by atoms with Crippen LogP contribution in [0.3, 0.4) is 0 Å². The maximum absolute atomic E-state index is 3.15. The number of hydrogen-bond donors (Lipinski definition) is 2. The molecule has 0 fully saturated rings. The minimum absolute atomic E-state index is 1.02. The Morgan fingerprint density at radius 1 is 1.23 bits per heavy atom. The van der Waals surface area contributed by atoms with Crippen molar-refractivity contribution >= 4 is 5.69 Å². The lowest BCUT2D eigenvalue weighted by atomic mass is 10.1. The summed E-state index contributed by atoms with van der Waals surface area (Å²) in [4.78, 5) is 0. The molecule has 72 valence electrons. The van der Waals surface area contributed by atoms with E-state index in [4.69, 9.17) is 0 Å². The van der Waals surface area contributed by atoms with Crippen LogP contribution >= 0.6 is 0 Å². The van der Waals surface area contributed by atoms with Crippen LogP contribution in [0.4, 0.5) is 5.69 Å². The molecule has 1 aromatic rings. The fourth-order valence-electron chi connectivity index (χ4n) is 1.38. The second-order valence-electron chi connectivity index (χ2n) is 2.96. The highest BCUT2D eigenvalue weighted by molar-refractivity contribution is 5.53. The molecule has 0 aromatic heterocycles. The molecule has 1 aromatic carbocycles. The van der Waals surface area contributed by atoms with Gasteiger partial charge < -0.3 is 5.43 Å². The summed E-state index contributed by atoms with van der Waals surface area (Å²) < 4.78 is 0. The van der Waals surface area contributed by atoms with Crippen molar-refractivity contribution in [3.05, 3.63) is 29.3 Å². The van der Waals surface area contributed by atoms with Crippen LogP contribution < -0.4 is 10.9 Å². The van der Waals surface area contributed by atoms with Gasteiger partial charge in [0.15, 0.2) is 0 Å². The van der Waals surface area contributed by atoms with Gasteiger partial charge in [-0.05, 0) is 30.5 Å². The van der Waals surface area contributed by atoms with Gasteiger partial charge in [-0.15, -0.1) is 0 Å². The van der Waals surface area contributed by atoms with Gasteiger partial charge in [-0.25, -0.2) is 5.43 Å². The molecule has 0 atom stereocenters. The lowest BCUT2D eigenvalue weighted by Crippen LogP contribution is -2.29. The molecule has 0 bridgehead atoms. The Kier molecular flexibility index (Phi) is 3.77. The van der Waals surface area contributed by atoms with E-state index >= 15 is 0 Å². The predicted molar refractivity (Wildman–Crippen MR) is 57.9 cm³/mol. The van der Waals surface area contributed by atoms with Crippen molar-refractivity contribution in [1.29, 1.82) is 0 Å². The summed E-state index contributed by atoms with van der Waals surface area (Å²) in [6.07, 6.45) is 1.13. The van der Waals surface area contributed by atoms with Crippen LogP contribution in [0.25, 0.3) is 0 Å². The first kappa shape index (κ1) is 10.1. The lowest BCUT2D eigenvalue weighted by Gasteiger charge is -2.18. The van der Waals surface area contributed by atoms with Crippen LogP contribution in [-0.4, -0.2) is 6.54 Å². The van der Waals surface area contributed by atoms with Gasteiger partial charge in [-0.2, -0.15) is 0 Å². The summed E-state index contributed by atoms with van der Waals surface area (Å²) in [5.41, 5.74) is 10.2. The highest BCUT2D eigenvalue weighted by Crippen LogP contribution is 2.18. The summed E-state index contributed by atoms with van der Waals surface area (Å²) in [5.74, 6) is 0. The summed E-state index contributed by atoms with van der Waals surface area (Å²) >= 11 is 0. The molecule has 0 saturated heterocycles. The number of rotatable bonds is 0. The number of hydrazine groups is 1. The summed E-state index contributed by atoms with van der Waals surface area (Å²) in [7, 11) is 0. The standard InChI is InChI=1S/C9H12N2.C2H6/c1-7-2-3-8-4-5-10-11-9(8)6-7;1-2/h2-3,6,10-11H,4-5H2,1H3;1-2H3. The van der Waals surface area contributed by atoms with Crippen molar-refractivity contribution in [2.24, 2.45) is 0 Å². The zero-order chi connectivity index (χ0) is 9.68. The minimum Gasteiger partial charge on any atom is -0.321 e. The summed E-state index contributed by atoms with van der Waals surface area (Å²) in [6, 6.07) is 6.52. The molecule has 2 nitrogen and oxygen atoms in total. The molecule has 0 radical (unpaired) electrons. The van der Waals surface area contributed by atoms with E-state index in [1.54, 1.807) is 0 Å². The average Bonchev–Trinajstić information content (AvgIpc) is 2.21. The SMILES string of the molecule is CC.Cc1ccc2c(c1)NNCC2.